The van der Waals surface area contributed by atoms with Gasteiger partial charge < -0.3 is 9.64 Å². The molecule has 1 aromatic rings. The predicted octanol–water partition coefficient (Wildman–Crippen LogP) is 1.03. The summed E-state index contributed by atoms with van der Waals surface area (Å²) in [4.78, 5) is 21.5. The lowest BCUT2D eigenvalue weighted by molar-refractivity contribution is 0.0518. The molecule has 1 rings (SSSR count). The first-order chi connectivity index (χ1) is 7.06. The second-order valence-electron chi connectivity index (χ2n) is 3.32. The molecule has 5 nitrogen and oxygen atoms in total. The minimum Gasteiger partial charge on any atom is -0.461 e. The Labute approximate surface area is 89.1 Å². The van der Waals surface area contributed by atoms with Crippen LogP contribution in [0.2, 0.25) is 0 Å². The number of hydrogen-bond acceptors (Lipinski definition) is 5. The van der Waals surface area contributed by atoms with E-state index in [4.69, 9.17) is 4.74 Å². The fourth-order valence-electron chi connectivity index (χ4n) is 1.05. The quantitative estimate of drug-likeness (QED) is 0.696. The van der Waals surface area contributed by atoms with Gasteiger partial charge in [0.05, 0.1) is 6.61 Å². The number of carbonyl (C=O) groups excluding carboxylic acids is 1. The summed E-state index contributed by atoms with van der Waals surface area (Å²) in [6.07, 6.45) is 1.62. The summed E-state index contributed by atoms with van der Waals surface area (Å²) in [5.74, 6) is 0.101. The smallest absolute Gasteiger partial charge is 0.357 e. The number of aromatic nitrogens is 2. The van der Waals surface area contributed by atoms with Crippen LogP contribution in [0.5, 0.6) is 0 Å². The second-order valence-corrected chi connectivity index (χ2v) is 3.32. The van der Waals surface area contributed by atoms with Crippen LogP contribution in [0.15, 0.2) is 6.20 Å². The Bertz CT molecular complexity index is 364. The van der Waals surface area contributed by atoms with Crippen molar-refractivity contribution in [3.05, 3.63) is 17.5 Å². The number of nitrogens with zero attached hydrogens (tertiary/aromatic N) is 3. The summed E-state index contributed by atoms with van der Waals surface area (Å²) >= 11 is 0. The van der Waals surface area contributed by atoms with Crippen LogP contribution in [0.25, 0.3) is 0 Å². The van der Waals surface area contributed by atoms with Crippen molar-refractivity contribution in [2.24, 2.45) is 0 Å². The Balaban J connectivity index is 3.05. The number of esters is 1. The average Bonchev–Trinajstić information content (AvgIpc) is 2.18. The average molecular weight is 209 g/mol. The van der Waals surface area contributed by atoms with Gasteiger partial charge in [-0.1, -0.05) is 0 Å². The van der Waals surface area contributed by atoms with Crippen LogP contribution in [0.4, 0.5) is 5.95 Å². The van der Waals surface area contributed by atoms with Gasteiger partial charge in [0.1, 0.15) is 0 Å². The number of carbonyl (C=O) groups is 1. The lowest BCUT2D eigenvalue weighted by Gasteiger charge is -2.11. The molecule has 0 radical (unpaired) electrons. The third-order valence-corrected chi connectivity index (χ3v) is 1.83. The maximum Gasteiger partial charge on any atom is 0.357 e. The van der Waals surface area contributed by atoms with Gasteiger partial charge in [0.25, 0.3) is 0 Å². The maximum atomic E-state index is 11.5. The van der Waals surface area contributed by atoms with Gasteiger partial charge in [0.15, 0.2) is 5.69 Å². The number of rotatable bonds is 3. The summed E-state index contributed by atoms with van der Waals surface area (Å²) < 4.78 is 4.90. The normalized spacial score (nSPS) is 9.87. The summed E-state index contributed by atoms with van der Waals surface area (Å²) in [5.41, 5.74) is 1.05. The number of hydrogen-bond donors (Lipinski definition) is 0. The zero-order chi connectivity index (χ0) is 11.4. The Morgan fingerprint density at radius 2 is 2.20 bits per heavy atom. The zero-order valence-corrected chi connectivity index (χ0v) is 9.44. The van der Waals surface area contributed by atoms with Crippen molar-refractivity contribution in [3.63, 3.8) is 0 Å². The molecule has 0 aliphatic heterocycles. The van der Waals surface area contributed by atoms with Gasteiger partial charge in [-0.15, -0.1) is 0 Å². The van der Waals surface area contributed by atoms with Crippen LogP contribution in [-0.4, -0.2) is 36.6 Å². The first kappa shape index (κ1) is 11.4. The Morgan fingerprint density at radius 3 is 2.73 bits per heavy atom. The fraction of sp³-hybridized carbons (Fsp3) is 0.500. The standard InChI is InChI=1S/C10H15N3O2/c1-5-15-9(14)8-7(2)6-11-10(12-8)13(3)4/h6H,5H2,1-4H3. The second kappa shape index (κ2) is 4.72. The molecule has 0 bridgehead atoms. The SMILES string of the molecule is CCOC(=O)c1nc(N(C)C)ncc1C. The molecule has 0 saturated carbocycles. The molecule has 0 atom stereocenters. The molecule has 0 spiro atoms. The van der Waals surface area contributed by atoms with E-state index in [9.17, 15) is 4.79 Å². The molecular weight excluding hydrogens is 194 g/mol. The van der Waals surface area contributed by atoms with E-state index in [1.807, 2.05) is 14.1 Å². The van der Waals surface area contributed by atoms with Crippen molar-refractivity contribution < 1.29 is 9.53 Å². The lowest BCUT2D eigenvalue weighted by atomic mass is 10.2. The fourth-order valence-corrected chi connectivity index (χ4v) is 1.05. The molecule has 0 aliphatic rings. The monoisotopic (exact) mass is 209 g/mol. The van der Waals surface area contributed by atoms with Gasteiger partial charge >= 0.3 is 5.97 Å². The molecule has 5 heteroatoms. The van der Waals surface area contributed by atoms with Crippen molar-refractivity contribution >= 4 is 11.9 Å². The number of anilines is 1. The van der Waals surface area contributed by atoms with Crippen molar-refractivity contribution in [3.8, 4) is 0 Å². The molecule has 0 N–H and O–H groups in total. The Kier molecular flexibility index (Phi) is 3.60. The van der Waals surface area contributed by atoms with Crippen molar-refractivity contribution in [2.45, 2.75) is 13.8 Å². The number of aryl methyl sites for hydroxylation is 1. The minimum absolute atomic E-state index is 0.329. The molecule has 0 aromatic carbocycles. The molecule has 1 aromatic heterocycles. The highest BCUT2D eigenvalue weighted by Gasteiger charge is 2.14. The van der Waals surface area contributed by atoms with E-state index < -0.39 is 5.97 Å². The zero-order valence-electron chi connectivity index (χ0n) is 9.44. The van der Waals surface area contributed by atoms with Gasteiger partial charge in [0.2, 0.25) is 5.95 Å². The molecule has 82 valence electrons. The highest BCUT2D eigenvalue weighted by Crippen LogP contribution is 2.10. The first-order valence-electron chi connectivity index (χ1n) is 4.74. The van der Waals surface area contributed by atoms with Crippen molar-refractivity contribution in [2.75, 3.05) is 25.6 Å². The molecule has 0 aliphatic carbocycles. The summed E-state index contributed by atoms with van der Waals surface area (Å²) in [6, 6.07) is 0. The summed E-state index contributed by atoms with van der Waals surface area (Å²) in [5, 5.41) is 0. The molecule has 0 saturated heterocycles. The number of ether oxygens (including phenoxy) is 1. The maximum absolute atomic E-state index is 11.5. The van der Waals surface area contributed by atoms with Crippen LogP contribution < -0.4 is 4.90 Å². The van der Waals surface area contributed by atoms with Crippen LogP contribution in [-0.2, 0) is 4.74 Å². The highest BCUT2D eigenvalue weighted by atomic mass is 16.5. The molecule has 0 amide bonds. The highest BCUT2D eigenvalue weighted by molar-refractivity contribution is 5.89. The third kappa shape index (κ3) is 2.65. The van der Waals surface area contributed by atoms with Crippen LogP contribution in [0.3, 0.4) is 0 Å². The van der Waals surface area contributed by atoms with Crippen LogP contribution in [0.1, 0.15) is 23.0 Å². The van der Waals surface area contributed by atoms with E-state index in [1.165, 1.54) is 0 Å². The van der Waals surface area contributed by atoms with Gasteiger partial charge in [0, 0.05) is 25.9 Å². The van der Waals surface area contributed by atoms with E-state index in [0.717, 1.165) is 5.56 Å². The summed E-state index contributed by atoms with van der Waals surface area (Å²) in [7, 11) is 3.64. The van der Waals surface area contributed by atoms with Crippen LogP contribution in [0, 0.1) is 6.92 Å². The van der Waals surface area contributed by atoms with Gasteiger partial charge in [-0.2, -0.15) is 0 Å². The van der Waals surface area contributed by atoms with Crippen LogP contribution >= 0.6 is 0 Å². The molecule has 0 fully saturated rings. The van der Waals surface area contributed by atoms with Gasteiger partial charge in [-0.25, -0.2) is 14.8 Å². The van der Waals surface area contributed by atoms with Gasteiger partial charge in [-0.05, 0) is 13.8 Å². The first-order valence-corrected chi connectivity index (χ1v) is 4.74. The largest absolute Gasteiger partial charge is 0.461 e. The lowest BCUT2D eigenvalue weighted by Crippen LogP contribution is -2.17. The molecular formula is C10H15N3O2. The van der Waals surface area contributed by atoms with Gasteiger partial charge in [-0.3, -0.25) is 0 Å². The van der Waals surface area contributed by atoms with E-state index in [2.05, 4.69) is 9.97 Å². The van der Waals surface area contributed by atoms with Crippen molar-refractivity contribution in [1.82, 2.24) is 9.97 Å². The van der Waals surface area contributed by atoms with Crippen molar-refractivity contribution in [1.29, 1.82) is 0 Å². The minimum atomic E-state index is -0.402. The Hall–Kier alpha value is -1.65. The predicted molar refractivity (Wildman–Crippen MR) is 57.1 cm³/mol. The van der Waals surface area contributed by atoms with E-state index in [-0.39, 0.29) is 0 Å². The van der Waals surface area contributed by atoms with E-state index >= 15 is 0 Å². The summed E-state index contributed by atoms with van der Waals surface area (Å²) in [6.45, 7) is 3.90. The molecule has 0 unspecified atom stereocenters. The van der Waals surface area contributed by atoms with E-state index in [1.54, 1.807) is 24.9 Å². The third-order valence-electron chi connectivity index (χ3n) is 1.83. The Morgan fingerprint density at radius 1 is 1.53 bits per heavy atom. The van der Waals surface area contributed by atoms with E-state index in [0.29, 0.717) is 18.2 Å². The molecule has 1 heterocycles. The topological polar surface area (TPSA) is 55.3 Å². The molecule has 15 heavy (non-hydrogen) atoms.